The molecule has 0 radical (unpaired) electrons. The van der Waals surface area contributed by atoms with E-state index < -0.39 is 5.97 Å². The van der Waals surface area contributed by atoms with Crippen molar-refractivity contribution in [3.63, 3.8) is 0 Å². The lowest BCUT2D eigenvalue weighted by Crippen LogP contribution is -2.29. The van der Waals surface area contributed by atoms with Crippen LogP contribution in [-0.4, -0.2) is 40.8 Å². The molecule has 0 saturated carbocycles. The van der Waals surface area contributed by atoms with Gasteiger partial charge in [0.2, 0.25) is 0 Å². The summed E-state index contributed by atoms with van der Waals surface area (Å²) in [5.41, 5.74) is 2.77. The van der Waals surface area contributed by atoms with Crippen molar-refractivity contribution in [3.8, 4) is 11.5 Å². The Balaban J connectivity index is 1.45. The number of carboxylic acid groups (broad SMARTS) is 1. The number of carboxylic acids is 1. The molecule has 190 valence electrons. The summed E-state index contributed by atoms with van der Waals surface area (Å²) in [4.78, 5) is 38.3. The minimum Gasteiger partial charge on any atom is -0.493 e. The first-order chi connectivity index (χ1) is 17.9. The van der Waals surface area contributed by atoms with Gasteiger partial charge in [-0.25, -0.2) is 4.79 Å². The standard InChI is InChI=1S/C28H24INO6S/c1-35-23-15-20(14-22(29)25(23)36-17-19-9-5-11-21(13-19)27(32)33)16-24-26(31)30(28(34)37-24)12-6-10-18-7-3-2-4-8-18/h2-5,7-9,11,13-16H,6,10,12,17H2,1H3,(H,32,33)/b24-16+. The second kappa shape index (κ2) is 12.3. The van der Waals surface area contributed by atoms with Crippen LogP contribution >= 0.6 is 34.4 Å². The molecule has 1 aliphatic rings. The van der Waals surface area contributed by atoms with Crippen LogP contribution in [0.5, 0.6) is 11.5 Å². The summed E-state index contributed by atoms with van der Waals surface area (Å²) < 4.78 is 12.2. The van der Waals surface area contributed by atoms with Crippen molar-refractivity contribution in [1.82, 2.24) is 4.90 Å². The second-order valence-corrected chi connectivity index (χ2v) is 10.4. The number of carbonyl (C=O) groups is 3. The van der Waals surface area contributed by atoms with E-state index in [0.29, 0.717) is 40.5 Å². The lowest BCUT2D eigenvalue weighted by molar-refractivity contribution is -0.122. The van der Waals surface area contributed by atoms with Gasteiger partial charge in [0, 0.05) is 6.54 Å². The number of halogens is 1. The highest BCUT2D eigenvalue weighted by Gasteiger charge is 2.34. The van der Waals surface area contributed by atoms with E-state index >= 15 is 0 Å². The third-order valence-corrected chi connectivity index (χ3v) is 7.38. The van der Waals surface area contributed by atoms with Gasteiger partial charge in [0.05, 0.1) is 21.1 Å². The average molecular weight is 629 g/mol. The summed E-state index contributed by atoms with van der Waals surface area (Å²) in [5.74, 6) is -0.320. The van der Waals surface area contributed by atoms with E-state index in [2.05, 4.69) is 22.6 Å². The minimum absolute atomic E-state index is 0.161. The first-order valence-corrected chi connectivity index (χ1v) is 13.4. The van der Waals surface area contributed by atoms with Gasteiger partial charge in [0.15, 0.2) is 11.5 Å². The van der Waals surface area contributed by atoms with Crippen molar-refractivity contribution in [2.75, 3.05) is 13.7 Å². The molecule has 9 heteroatoms. The zero-order valence-electron chi connectivity index (χ0n) is 20.0. The minimum atomic E-state index is -1.00. The zero-order chi connectivity index (χ0) is 26.4. The van der Waals surface area contributed by atoms with E-state index in [1.54, 1.807) is 30.3 Å². The number of imide groups is 1. The number of nitrogens with zero attached hydrogens (tertiary/aromatic N) is 1. The number of rotatable bonds is 10. The van der Waals surface area contributed by atoms with Gasteiger partial charge < -0.3 is 14.6 Å². The number of aryl methyl sites for hydroxylation is 1. The highest BCUT2D eigenvalue weighted by molar-refractivity contribution is 14.1. The zero-order valence-corrected chi connectivity index (χ0v) is 23.0. The lowest BCUT2D eigenvalue weighted by atomic mass is 10.1. The maximum Gasteiger partial charge on any atom is 0.335 e. The predicted molar refractivity (Wildman–Crippen MR) is 151 cm³/mol. The van der Waals surface area contributed by atoms with E-state index in [0.717, 1.165) is 21.8 Å². The number of carbonyl (C=O) groups excluding carboxylic acids is 2. The van der Waals surface area contributed by atoms with E-state index in [-0.39, 0.29) is 23.3 Å². The number of methoxy groups -OCH3 is 1. The molecule has 0 atom stereocenters. The van der Waals surface area contributed by atoms with Gasteiger partial charge in [-0.15, -0.1) is 0 Å². The largest absolute Gasteiger partial charge is 0.493 e. The first-order valence-electron chi connectivity index (χ1n) is 11.5. The summed E-state index contributed by atoms with van der Waals surface area (Å²) >= 11 is 3.06. The summed E-state index contributed by atoms with van der Waals surface area (Å²) in [5, 5.41) is 8.92. The Morgan fingerprint density at radius 3 is 2.54 bits per heavy atom. The third kappa shape index (κ3) is 6.72. The molecule has 3 aromatic rings. The van der Waals surface area contributed by atoms with Gasteiger partial charge in [-0.05, 0) is 94.2 Å². The average Bonchev–Trinajstić information content (AvgIpc) is 3.15. The number of ether oxygens (including phenoxy) is 2. The Morgan fingerprint density at radius 1 is 1.05 bits per heavy atom. The molecule has 1 aliphatic heterocycles. The van der Waals surface area contributed by atoms with Crippen molar-refractivity contribution >= 4 is 57.5 Å². The van der Waals surface area contributed by atoms with Crippen molar-refractivity contribution in [1.29, 1.82) is 0 Å². The molecule has 1 N–H and O–H groups in total. The van der Waals surface area contributed by atoms with Crippen LogP contribution in [0.2, 0.25) is 0 Å². The Labute approximate surface area is 232 Å². The predicted octanol–water partition coefficient (Wildman–Crippen LogP) is 6.25. The van der Waals surface area contributed by atoms with Crippen LogP contribution in [0.4, 0.5) is 4.79 Å². The Hall–Kier alpha value is -3.31. The molecule has 1 fully saturated rings. The number of hydrogen-bond acceptors (Lipinski definition) is 6. The van der Waals surface area contributed by atoms with E-state index in [9.17, 15) is 19.5 Å². The van der Waals surface area contributed by atoms with Crippen LogP contribution in [0.15, 0.2) is 71.6 Å². The van der Waals surface area contributed by atoms with E-state index in [1.165, 1.54) is 23.6 Å². The summed E-state index contributed by atoms with van der Waals surface area (Å²) in [6.07, 6.45) is 3.18. The maximum absolute atomic E-state index is 12.9. The Morgan fingerprint density at radius 2 is 1.81 bits per heavy atom. The van der Waals surface area contributed by atoms with Gasteiger partial charge >= 0.3 is 5.97 Å². The number of amides is 2. The van der Waals surface area contributed by atoms with Crippen molar-refractivity contribution in [3.05, 3.63) is 97.5 Å². The normalized spacial score (nSPS) is 14.3. The van der Waals surface area contributed by atoms with Gasteiger partial charge in [0.25, 0.3) is 11.1 Å². The quantitative estimate of drug-likeness (QED) is 0.210. The van der Waals surface area contributed by atoms with Crippen molar-refractivity contribution in [2.45, 2.75) is 19.4 Å². The lowest BCUT2D eigenvalue weighted by Gasteiger charge is -2.14. The van der Waals surface area contributed by atoms with Crippen molar-refractivity contribution in [2.24, 2.45) is 0 Å². The van der Waals surface area contributed by atoms with E-state index in [4.69, 9.17) is 9.47 Å². The molecule has 4 rings (SSSR count). The molecular formula is C28H24INO6S. The first kappa shape index (κ1) is 26.7. The highest BCUT2D eigenvalue weighted by Crippen LogP contribution is 2.37. The molecule has 0 bridgehead atoms. The topological polar surface area (TPSA) is 93.1 Å². The molecule has 0 unspecified atom stereocenters. The Bertz CT molecular complexity index is 1360. The number of benzene rings is 3. The van der Waals surface area contributed by atoms with Gasteiger partial charge in [-0.1, -0.05) is 42.5 Å². The molecule has 37 heavy (non-hydrogen) atoms. The second-order valence-electron chi connectivity index (χ2n) is 8.25. The summed E-state index contributed by atoms with van der Waals surface area (Å²) in [7, 11) is 1.52. The van der Waals surface area contributed by atoms with Crippen LogP contribution in [0.3, 0.4) is 0 Å². The number of thioether (sulfide) groups is 1. The summed E-state index contributed by atoms with van der Waals surface area (Å²) in [6.45, 7) is 0.530. The molecule has 0 aliphatic carbocycles. The van der Waals surface area contributed by atoms with Gasteiger partial charge in [0.1, 0.15) is 6.61 Å². The van der Waals surface area contributed by atoms with Crippen LogP contribution < -0.4 is 9.47 Å². The highest BCUT2D eigenvalue weighted by atomic mass is 127. The fraction of sp³-hybridized carbons (Fsp3) is 0.179. The molecule has 1 heterocycles. The molecule has 0 aromatic heterocycles. The monoisotopic (exact) mass is 629 g/mol. The molecule has 1 saturated heterocycles. The molecule has 3 aromatic carbocycles. The van der Waals surface area contributed by atoms with Crippen molar-refractivity contribution < 1.29 is 29.0 Å². The number of hydrogen-bond donors (Lipinski definition) is 1. The van der Waals surface area contributed by atoms with Gasteiger partial charge in [-0.3, -0.25) is 14.5 Å². The van der Waals surface area contributed by atoms with Crippen LogP contribution in [0.25, 0.3) is 6.08 Å². The molecule has 7 nitrogen and oxygen atoms in total. The summed E-state index contributed by atoms with van der Waals surface area (Å²) in [6, 6.07) is 20.1. The SMILES string of the molecule is COc1cc(/C=C2/SC(=O)N(CCCc3ccccc3)C2=O)cc(I)c1OCc1cccc(C(=O)O)c1. The number of aromatic carboxylic acids is 1. The van der Waals surface area contributed by atoms with Crippen LogP contribution in [0, 0.1) is 3.57 Å². The fourth-order valence-electron chi connectivity index (χ4n) is 3.84. The molecule has 2 amide bonds. The molecule has 0 spiro atoms. The van der Waals surface area contributed by atoms with Crippen LogP contribution in [-0.2, 0) is 17.8 Å². The maximum atomic E-state index is 12.9. The van der Waals surface area contributed by atoms with E-state index in [1.807, 2.05) is 36.4 Å². The third-order valence-electron chi connectivity index (χ3n) is 5.67. The Kier molecular flexibility index (Phi) is 8.88. The fourth-order valence-corrected chi connectivity index (χ4v) is 5.49. The molecular weight excluding hydrogens is 605 g/mol. The van der Waals surface area contributed by atoms with Gasteiger partial charge in [-0.2, -0.15) is 0 Å². The smallest absolute Gasteiger partial charge is 0.335 e. The van der Waals surface area contributed by atoms with Crippen LogP contribution in [0.1, 0.15) is 33.5 Å².